The van der Waals surface area contributed by atoms with Crippen LogP contribution in [0.3, 0.4) is 0 Å². The molecule has 98 valence electrons. The van der Waals surface area contributed by atoms with Gasteiger partial charge in [-0.25, -0.2) is 0 Å². The van der Waals surface area contributed by atoms with Crippen molar-refractivity contribution in [1.82, 2.24) is 4.90 Å². The number of carbonyl (C=O) groups excluding carboxylic acids is 1. The quantitative estimate of drug-likeness (QED) is 0.819. The highest BCUT2D eigenvalue weighted by Crippen LogP contribution is 2.29. The zero-order valence-electron chi connectivity index (χ0n) is 11.0. The molecule has 2 N–H and O–H groups in total. The Kier molecular flexibility index (Phi) is 4.43. The third-order valence-electron chi connectivity index (χ3n) is 4.57. The average molecular weight is 238 g/mol. The molecule has 2 unspecified atom stereocenters. The molecule has 17 heavy (non-hydrogen) atoms. The fourth-order valence-corrected chi connectivity index (χ4v) is 3.18. The van der Waals surface area contributed by atoms with E-state index in [0.717, 1.165) is 38.3 Å². The van der Waals surface area contributed by atoms with Crippen molar-refractivity contribution < 1.29 is 4.79 Å². The topological polar surface area (TPSA) is 46.3 Å². The van der Waals surface area contributed by atoms with Crippen LogP contribution in [-0.4, -0.2) is 29.9 Å². The van der Waals surface area contributed by atoms with Crippen molar-refractivity contribution in [3.05, 3.63) is 0 Å². The van der Waals surface area contributed by atoms with Gasteiger partial charge in [-0.2, -0.15) is 0 Å². The van der Waals surface area contributed by atoms with Gasteiger partial charge in [-0.1, -0.05) is 32.6 Å². The van der Waals surface area contributed by atoms with Crippen LogP contribution in [0.4, 0.5) is 0 Å². The summed E-state index contributed by atoms with van der Waals surface area (Å²) in [4.78, 5) is 14.1. The lowest BCUT2D eigenvalue weighted by molar-refractivity contribution is -0.133. The van der Waals surface area contributed by atoms with Gasteiger partial charge in [-0.05, 0) is 24.7 Å². The Balaban J connectivity index is 1.72. The van der Waals surface area contributed by atoms with E-state index in [1.807, 2.05) is 4.90 Å². The van der Waals surface area contributed by atoms with Gasteiger partial charge in [-0.3, -0.25) is 4.79 Å². The van der Waals surface area contributed by atoms with Crippen molar-refractivity contribution in [1.29, 1.82) is 0 Å². The second-order valence-corrected chi connectivity index (χ2v) is 5.96. The summed E-state index contributed by atoms with van der Waals surface area (Å²) in [7, 11) is 0. The van der Waals surface area contributed by atoms with Crippen molar-refractivity contribution in [2.75, 3.05) is 13.1 Å². The standard InChI is InChI=1S/C14H26N2O/c1-11-10-16(9-8-13(11)15)14(17)7-6-12-4-2-3-5-12/h11-13H,2-10,15H2,1H3. The SMILES string of the molecule is CC1CN(C(=O)CCC2CCCC2)CCC1N. The van der Waals surface area contributed by atoms with Gasteiger partial charge in [0.15, 0.2) is 0 Å². The predicted molar refractivity (Wildman–Crippen MR) is 69.5 cm³/mol. The maximum atomic E-state index is 12.1. The second-order valence-electron chi connectivity index (χ2n) is 5.96. The van der Waals surface area contributed by atoms with E-state index in [-0.39, 0.29) is 6.04 Å². The van der Waals surface area contributed by atoms with E-state index in [2.05, 4.69) is 6.92 Å². The van der Waals surface area contributed by atoms with E-state index >= 15 is 0 Å². The van der Waals surface area contributed by atoms with Gasteiger partial charge in [0.1, 0.15) is 0 Å². The molecule has 2 rings (SSSR count). The minimum Gasteiger partial charge on any atom is -0.342 e. The molecule has 2 fully saturated rings. The highest BCUT2D eigenvalue weighted by Gasteiger charge is 2.26. The maximum Gasteiger partial charge on any atom is 0.222 e. The molecule has 0 aromatic heterocycles. The maximum absolute atomic E-state index is 12.1. The lowest BCUT2D eigenvalue weighted by Crippen LogP contribution is -2.48. The molecule has 3 nitrogen and oxygen atoms in total. The minimum atomic E-state index is 0.286. The Morgan fingerprint density at radius 3 is 2.65 bits per heavy atom. The lowest BCUT2D eigenvalue weighted by atomic mass is 9.94. The molecule has 0 aromatic carbocycles. The molecule has 2 aliphatic rings. The predicted octanol–water partition coefficient (Wildman–Crippen LogP) is 2.15. The first kappa shape index (κ1) is 12.9. The molecule has 0 aromatic rings. The average Bonchev–Trinajstić information content (AvgIpc) is 2.82. The van der Waals surface area contributed by atoms with E-state index in [9.17, 15) is 4.79 Å². The van der Waals surface area contributed by atoms with E-state index in [4.69, 9.17) is 5.73 Å². The first-order valence-electron chi connectivity index (χ1n) is 7.20. The number of rotatable bonds is 3. The number of piperidine rings is 1. The highest BCUT2D eigenvalue weighted by atomic mass is 16.2. The van der Waals surface area contributed by atoms with Crippen LogP contribution in [0.2, 0.25) is 0 Å². The number of hydrogen-bond donors (Lipinski definition) is 1. The van der Waals surface area contributed by atoms with Gasteiger partial charge in [0.25, 0.3) is 0 Å². The Bertz CT molecular complexity index is 261. The fraction of sp³-hybridized carbons (Fsp3) is 0.929. The minimum absolute atomic E-state index is 0.286. The Morgan fingerprint density at radius 1 is 1.29 bits per heavy atom. The summed E-state index contributed by atoms with van der Waals surface area (Å²) < 4.78 is 0. The molecule has 0 bridgehead atoms. The van der Waals surface area contributed by atoms with E-state index in [1.165, 1.54) is 25.7 Å². The van der Waals surface area contributed by atoms with Crippen LogP contribution in [0.25, 0.3) is 0 Å². The van der Waals surface area contributed by atoms with Crippen molar-refractivity contribution in [2.24, 2.45) is 17.6 Å². The summed E-state index contributed by atoms with van der Waals surface area (Å²) in [5.41, 5.74) is 5.98. The summed E-state index contributed by atoms with van der Waals surface area (Å²) in [6.45, 7) is 3.89. The molecule has 0 spiro atoms. The van der Waals surface area contributed by atoms with Crippen LogP contribution in [-0.2, 0) is 4.79 Å². The molecule has 1 amide bonds. The zero-order chi connectivity index (χ0) is 12.3. The molecule has 2 atom stereocenters. The molecule has 3 heteroatoms. The van der Waals surface area contributed by atoms with Gasteiger partial charge in [0, 0.05) is 25.6 Å². The number of nitrogens with zero attached hydrogens (tertiary/aromatic N) is 1. The normalized spacial score (nSPS) is 30.8. The number of likely N-dealkylation sites (tertiary alicyclic amines) is 1. The monoisotopic (exact) mass is 238 g/mol. The zero-order valence-corrected chi connectivity index (χ0v) is 11.0. The second kappa shape index (κ2) is 5.85. The summed E-state index contributed by atoms with van der Waals surface area (Å²) >= 11 is 0. The van der Waals surface area contributed by atoms with E-state index < -0.39 is 0 Å². The Hall–Kier alpha value is -0.570. The summed E-state index contributed by atoms with van der Waals surface area (Å²) in [5, 5.41) is 0. The smallest absolute Gasteiger partial charge is 0.222 e. The summed E-state index contributed by atoms with van der Waals surface area (Å²) in [6, 6.07) is 0.286. The van der Waals surface area contributed by atoms with Crippen LogP contribution in [0.5, 0.6) is 0 Å². The van der Waals surface area contributed by atoms with Gasteiger partial charge >= 0.3 is 0 Å². The van der Waals surface area contributed by atoms with Crippen molar-refractivity contribution >= 4 is 5.91 Å². The first-order valence-corrected chi connectivity index (χ1v) is 7.20. The lowest BCUT2D eigenvalue weighted by Gasteiger charge is -2.35. The molecule has 1 aliphatic carbocycles. The van der Waals surface area contributed by atoms with Gasteiger partial charge in [0.2, 0.25) is 5.91 Å². The van der Waals surface area contributed by atoms with E-state index in [1.54, 1.807) is 0 Å². The summed E-state index contributed by atoms with van der Waals surface area (Å²) in [6.07, 6.45) is 8.25. The summed E-state index contributed by atoms with van der Waals surface area (Å²) in [5.74, 6) is 1.64. The highest BCUT2D eigenvalue weighted by molar-refractivity contribution is 5.76. The Morgan fingerprint density at radius 2 is 2.00 bits per heavy atom. The Labute approximate surface area is 105 Å². The van der Waals surface area contributed by atoms with Crippen LogP contribution in [0.15, 0.2) is 0 Å². The van der Waals surface area contributed by atoms with Crippen molar-refractivity contribution in [3.63, 3.8) is 0 Å². The van der Waals surface area contributed by atoms with Gasteiger partial charge in [0.05, 0.1) is 0 Å². The fourth-order valence-electron chi connectivity index (χ4n) is 3.18. The molecule has 1 heterocycles. The third kappa shape index (κ3) is 3.44. The van der Waals surface area contributed by atoms with Crippen molar-refractivity contribution in [3.8, 4) is 0 Å². The van der Waals surface area contributed by atoms with Gasteiger partial charge in [-0.15, -0.1) is 0 Å². The van der Waals surface area contributed by atoms with Crippen LogP contribution < -0.4 is 5.73 Å². The molecule has 1 saturated carbocycles. The number of amides is 1. The molecule has 1 saturated heterocycles. The molecular weight excluding hydrogens is 212 g/mol. The largest absolute Gasteiger partial charge is 0.342 e. The first-order chi connectivity index (χ1) is 8.16. The van der Waals surface area contributed by atoms with Crippen LogP contribution in [0, 0.1) is 11.8 Å². The van der Waals surface area contributed by atoms with E-state index in [0.29, 0.717) is 11.8 Å². The number of hydrogen-bond acceptors (Lipinski definition) is 2. The number of nitrogens with two attached hydrogens (primary N) is 1. The van der Waals surface area contributed by atoms with Gasteiger partial charge < -0.3 is 10.6 Å². The van der Waals surface area contributed by atoms with Crippen LogP contribution >= 0.6 is 0 Å². The molecule has 1 aliphatic heterocycles. The molecule has 0 radical (unpaired) electrons. The van der Waals surface area contributed by atoms with Crippen LogP contribution in [0.1, 0.15) is 51.9 Å². The molecular formula is C14H26N2O. The van der Waals surface area contributed by atoms with Crippen molar-refractivity contribution in [2.45, 2.75) is 57.9 Å². The number of carbonyl (C=O) groups is 1. The third-order valence-corrected chi connectivity index (χ3v) is 4.57.